The van der Waals surface area contributed by atoms with Crippen molar-refractivity contribution < 1.29 is 0 Å². The normalized spacial score (nSPS) is 10.0. The van der Waals surface area contributed by atoms with Crippen molar-refractivity contribution in [2.45, 2.75) is 9.92 Å². The highest BCUT2D eigenvalue weighted by molar-refractivity contribution is 7.99. The first kappa shape index (κ1) is 9.16. The van der Waals surface area contributed by atoms with Gasteiger partial charge in [0.25, 0.3) is 0 Å². The molecule has 0 aliphatic carbocycles. The predicted molar refractivity (Wildman–Crippen MR) is 61.4 cm³/mol. The monoisotopic (exact) mass is 201 g/mol. The van der Waals surface area contributed by atoms with Crippen molar-refractivity contribution >= 4 is 17.8 Å². The topological polar surface area (TPSA) is 15.8 Å². The molecule has 2 aromatic rings. The van der Waals surface area contributed by atoms with Gasteiger partial charge >= 0.3 is 0 Å². The lowest BCUT2D eigenvalue weighted by molar-refractivity contribution is 1.18. The van der Waals surface area contributed by atoms with Gasteiger partial charge in [-0.2, -0.15) is 0 Å². The van der Waals surface area contributed by atoms with E-state index in [1.807, 2.05) is 30.3 Å². The first-order chi connectivity index (χ1) is 6.88. The molecule has 0 atom stereocenters. The molecule has 0 saturated heterocycles. The second-order valence-corrected chi connectivity index (χ2v) is 4.01. The molecule has 0 aliphatic heterocycles. The molecule has 1 aromatic carbocycles. The largest absolute Gasteiger partial charge is 0.350 e. The van der Waals surface area contributed by atoms with E-state index in [-0.39, 0.29) is 0 Å². The van der Waals surface area contributed by atoms with Crippen LogP contribution in [0.2, 0.25) is 0 Å². The Bertz CT molecular complexity index is 417. The fourth-order valence-electron chi connectivity index (χ4n) is 1.19. The number of nitrogens with one attached hydrogen (secondary N) is 1. The van der Waals surface area contributed by atoms with E-state index in [4.69, 9.17) is 0 Å². The summed E-state index contributed by atoms with van der Waals surface area (Å²) in [5.41, 5.74) is 1.06. The smallest absolute Gasteiger partial charge is 0.0774 e. The highest BCUT2D eigenvalue weighted by atomic mass is 32.2. The second-order valence-electron chi connectivity index (χ2n) is 2.90. The number of H-pyrrole nitrogens is 1. The van der Waals surface area contributed by atoms with Gasteiger partial charge in [0.1, 0.15) is 0 Å². The molecule has 70 valence electrons. The maximum Gasteiger partial charge on any atom is 0.0774 e. The molecule has 0 amide bonds. The third-order valence-electron chi connectivity index (χ3n) is 1.87. The lowest BCUT2D eigenvalue weighted by Gasteiger charge is -1.97. The summed E-state index contributed by atoms with van der Waals surface area (Å²) in [6.45, 7) is 3.71. The van der Waals surface area contributed by atoms with E-state index in [2.05, 4.69) is 29.8 Å². The van der Waals surface area contributed by atoms with Gasteiger partial charge in [-0.25, -0.2) is 0 Å². The van der Waals surface area contributed by atoms with Crippen molar-refractivity contribution in [3.05, 3.63) is 54.7 Å². The number of aromatic nitrogens is 1. The first-order valence-corrected chi connectivity index (χ1v) is 5.24. The van der Waals surface area contributed by atoms with E-state index in [0.717, 1.165) is 10.7 Å². The molecular formula is C12H11NS. The van der Waals surface area contributed by atoms with Crippen LogP contribution in [0, 0.1) is 0 Å². The van der Waals surface area contributed by atoms with Crippen LogP contribution in [0.4, 0.5) is 0 Å². The Hall–Kier alpha value is -1.41. The first-order valence-electron chi connectivity index (χ1n) is 4.43. The van der Waals surface area contributed by atoms with Crippen molar-refractivity contribution in [1.82, 2.24) is 4.98 Å². The van der Waals surface area contributed by atoms with Gasteiger partial charge in [0.2, 0.25) is 0 Å². The number of aromatic amines is 1. The number of hydrogen-bond acceptors (Lipinski definition) is 1. The summed E-state index contributed by atoms with van der Waals surface area (Å²) in [5, 5.41) is 1.14. The van der Waals surface area contributed by atoms with Crippen molar-refractivity contribution in [3.8, 4) is 0 Å². The fourth-order valence-corrected chi connectivity index (χ4v) is 2.04. The predicted octanol–water partition coefficient (Wildman–Crippen LogP) is 3.81. The Morgan fingerprint density at radius 2 is 1.86 bits per heavy atom. The summed E-state index contributed by atoms with van der Waals surface area (Å²) < 4.78 is 0. The molecule has 0 bridgehead atoms. The zero-order chi connectivity index (χ0) is 9.80. The maximum absolute atomic E-state index is 3.71. The van der Waals surface area contributed by atoms with Gasteiger partial charge in [0.15, 0.2) is 0 Å². The van der Waals surface area contributed by atoms with E-state index < -0.39 is 0 Å². The Balaban J connectivity index is 2.15. The van der Waals surface area contributed by atoms with E-state index in [1.165, 1.54) is 4.90 Å². The molecule has 0 radical (unpaired) electrons. The van der Waals surface area contributed by atoms with E-state index in [9.17, 15) is 0 Å². The summed E-state index contributed by atoms with van der Waals surface area (Å²) in [5.74, 6) is 0. The van der Waals surface area contributed by atoms with Crippen LogP contribution in [0.3, 0.4) is 0 Å². The molecule has 0 unspecified atom stereocenters. The maximum atomic E-state index is 3.71. The third-order valence-corrected chi connectivity index (χ3v) is 2.84. The molecule has 0 saturated carbocycles. The van der Waals surface area contributed by atoms with Gasteiger partial charge in [0.05, 0.1) is 5.03 Å². The fraction of sp³-hybridized carbons (Fsp3) is 0. The average Bonchev–Trinajstić information content (AvgIpc) is 2.67. The van der Waals surface area contributed by atoms with Crippen LogP contribution in [0.5, 0.6) is 0 Å². The standard InChI is InChI=1S/C12H11NS/c1-2-10-8-9-12(13-10)14-11-6-4-3-5-7-11/h2-9,13H,1H2. The molecule has 1 aromatic heterocycles. The molecular weight excluding hydrogens is 190 g/mol. The molecule has 1 heterocycles. The van der Waals surface area contributed by atoms with Crippen molar-refractivity contribution in [1.29, 1.82) is 0 Å². The number of hydrogen-bond donors (Lipinski definition) is 1. The summed E-state index contributed by atoms with van der Waals surface area (Å²) in [4.78, 5) is 4.50. The Labute approximate surface area is 87.9 Å². The Morgan fingerprint density at radius 3 is 2.50 bits per heavy atom. The Morgan fingerprint density at radius 1 is 1.07 bits per heavy atom. The van der Waals surface area contributed by atoms with Gasteiger partial charge in [-0.15, -0.1) is 0 Å². The summed E-state index contributed by atoms with van der Waals surface area (Å²) in [6, 6.07) is 14.4. The van der Waals surface area contributed by atoms with Crippen LogP contribution in [0.15, 0.2) is 59.0 Å². The van der Waals surface area contributed by atoms with Gasteiger partial charge < -0.3 is 4.98 Å². The quantitative estimate of drug-likeness (QED) is 0.798. The Kier molecular flexibility index (Phi) is 2.75. The SMILES string of the molecule is C=Cc1ccc(Sc2ccccc2)[nH]1. The minimum absolute atomic E-state index is 1.06. The molecule has 1 nitrogen and oxygen atoms in total. The van der Waals surface area contributed by atoms with E-state index >= 15 is 0 Å². The molecule has 14 heavy (non-hydrogen) atoms. The van der Waals surface area contributed by atoms with Gasteiger partial charge in [0, 0.05) is 10.6 Å². The lowest BCUT2D eigenvalue weighted by Crippen LogP contribution is -1.73. The minimum Gasteiger partial charge on any atom is -0.350 e. The average molecular weight is 201 g/mol. The zero-order valence-corrected chi connectivity index (χ0v) is 8.55. The van der Waals surface area contributed by atoms with Crippen LogP contribution in [-0.2, 0) is 0 Å². The summed E-state index contributed by atoms with van der Waals surface area (Å²) in [7, 11) is 0. The minimum atomic E-state index is 1.06. The number of benzene rings is 1. The van der Waals surface area contributed by atoms with E-state index in [0.29, 0.717) is 0 Å². The third kappa shape index (κ3) is 2.09. The highest BCUT2D eigenvalue weighted by Gasteiger charge is 1.97. The van der Waals surface area contributed by atoms with Crippen molar-refractivity contribution in [3.63, 3.8) is 0 Å². The van der Waals surface area contributed by atoms with Crippen LogP contribution in [0.1, 0.15) is 5.69 Å². The summed E-state index contributed by atoms with van der Waals surface area (Å²) >= 11 is 1.72. The van der Waals surface area contributed by atoms with Gasteiger partial charge in [-0.3, -0.25) is 0 Å². The second kappa shape index (κ2) is 4.20. The van der Waals surface area contributed by atoms with Crippen LogP contribution >= 0.6 is 11.8 Å². The van der Waals surface area contributed by atoms with Crippen LogP contribution in [-0.4, -0.2) is 4.98 Å². The van der Waals surface area contributed by atoms with Gasteiger partial charge in [-0.05, 0) is 30.3 Å². The molecule has 2 heteroatoms. The molecule has 0 spiro atoms. The molecule has 1 N–H and O–H groups in total. The van der Waals surface area contributed by atoms with Crippen LogP contribution < -0.4 is 0 Å². The van der Waals surface area contributed by atoms with Crippen molar-refractivity contribution in [2.75, 3.05) is 0 Å². The molecule has 2 rings (SSSR count). The zero-order valence-electron chi connectivity index (χ0n) is 7.73. The highest BCUT2D eigenvalue weighted by Crippen LogP contribution is 2.26. The molecule has 0 aliphatic rings. The molecule has 0 fully saturated rings. The number of rotatable bonds is 3. The van der Waals surface area contributed by atoms with Crippen LogP contribution in [0.25, 0.3) is 6.08 Å². The summed E-state index contributed by atoms with van der Waals surface area (Å²) in [6.07, 6.45) is 1.81. The van der Waals surface area contributed by atoms with E-state index in [1.54, 1.807) is 11.8 Å². The van der Waals surface area contributed by atoms with Gasteiger partial charge in [-0.1, -0.05) is 36.5 Å². The lowest BCUT2D eigenvalue weighted by atomic mass is 10.4. The van der Waals surface area contributed by atoms with Crippen molar-refractivity contribution in [2.24, 2.45) is 0 Å².